The number of nitrogens with zero attached hydrogens (tertiary/aromatic N) is 4. The van der Waals surface area contributed by atoms with Crippen LogP contribution in [-0.2, 0) is 6.54 Å². The molecule has 0 saturated heterocycles. The first-order chi connectivity index (χ1) is 10.1. The van der Waals surface area contributed by atoms with Crippen LogP contribution in [0.15, 0.2) is 30.7 Å². The predicted molar refractivity (Wildman–Crippen MR) is 81.2 cm³/mol. The maximum Gasteiger partial charge on any atom is 0.319 e. The summed E-state index contributed by atoms with van der Waals surface area (Å²) >= 11 is 0. The zero-order valence-electron chi connectivity index (χ0n) is 12.3. The molecule has 7 heteroatoms. The van der Waals surface area contributed by atoms with Crippen LogP contribution in [0.5, 0.6) is 0 Å². The second-order valence-electron chi connectivity index (χ2n) is 4.72. The van der Waals surface area contributed by atoms with Crippen LogP contribution in [-0.4, -0.2) is 35.1 Å². The van der Waals surface area contributed by atoms with E-state index in [0.29, 0.717) is 18.2 Å². The van der Waals surface area contributed by atoms with Gasteiger partial charge in [-0.1, -0.05) is 6.07 Å². The van der Waals surface area contributed by atoms with Gasteiger partial charge < -0.3 is 15.5 Å². The third-order valence-corrected chi connectivity index (χ3v) is 2.85. The van der Waals surface area contributed by atoms with Crippen molar-refractivity contribution in [3.8, 4) is 0 Å². The average Bonchev–Trinajstić information content (AvgIpc) is 2.47. The molecule has 21 heavy (non-hydrogen) atoms. The van der Waals surface area contributed by atoms with Gasteiger partial charge in [0.2, 0.25) is 5.95 Å². The molecule has 0 spiro atoms. The lowest BCUT2D eigenvalue weighted by atomic mass is 10.2. The van der Waals surface area contributed by atoms with Crippen molar-refractivity contribution in [1.29, 1.82) is 0 Å². The van der Waals surface area contributed by atoms with Crippen LogP contribution in [0.4, 0.5) is 16.4 Å². The van der Waals surface area contributed by atoms with E-state index in [1.165, 1.54) is 0 Å². The molecule has 0 aliphatic rings. The van der Waals surface area contributed by atoms with Crippen molar-refractivity contribution in [2.24, 2.45) is 0 Å². The third-order valence-electron chi connectivity index (χ3n) is 2.85. The van der Waals surface area contributed by atoms with E-state index in [9.17, 15) is 4.79 Å². The number of aromatic nitrogens is 3. The minimum atomic E-state index is -0.306. The summed E-state index contributed by atoms with van der Waals surface area (Å²) in [5.41, 5.74) is 2.42. The molecular weight excluding hydrogens is 268 g/mol. The first kappa shape index (κ1) is 14.7. The van der Waals surface area contributed by atoms with Crippen LogP contribution in [0, 0.1) is 6.92 Å². The molecule has 0 aliphatic carbocycles. The first-order valence-corrected chi connectivity index (χ1v) is 6.51. The molecule has 0 aliphatic heterocycles. The number of urea groups is 1. The van der Waals surface area contributed by atoms with Crippen molar-refractivity contribution >= 4 is 17.7 Å². The number of nitrogens with one attached hydrogen (secondary N) is 2. The Morgan fingerprint density at radius 2 is 1.95 bits per heavy atom. The van der Waals surface area contributed by atoms with Crippen molar-refractivity contribution in [3.05, 3.63) is 42.0 Å². The van der Waals surface area contributed by atoms with E-state index >= 15 is 0 Å². The van der Waals surface area contributed by atoms with Crippen molar-refractivity contribution in [2.75, 3.05) is 24.3 Å². The van der Waals surface area contributed by atoms with Gasteiger partial charge in [-0.05, 0) is 18.6 Å². The van der Waals surface area contributed by atoms with Crippen LogP contribution < -0.4 is 15.5 Å². The summed E-state index contributed by atoms with van der Waals surface area (Å²) in [7, 11) is 3.71. The van der Waals surface area contributed by atoms with Gasteiger partial charge in [-0.25, -0.2) is 14.8 Å². The monoisotopic (exact) mass is 286 g/mol. The van der Waals surface area contributed by atoms with Crippen LogP contribution in [0.1, 0.15) is 11.3 Å². The second kappa shape index (κ2) is 6.65. The summed E-state index contributed by atoms with van der Waals surface area (Å²) in [6.07, 6.45) is 4.86. The lowest BCUT2D eigenvalue weighted by molar-refractivity contribution is 0.251. The van der Waals surface area contributed by atoms with Gasteiger partial charge in [-0.15, -0.1) is 0 Å². The van der Waals surface area contributed by atoms with Crippen molar-refractivity contribution < 1.29 is 4.79 Å². The van der Waals surface area contributed by atoms with Crippen LogP contribution in [0.2, 0.25) is 0 Å². The van der Waals surface area contributed by atoms with Gasteiger partial charge in [0.25, 0.3) is 0 Å². The summed E-state index contributed by atoms with van der Waals surface area (Å²) in [5.74, 6) is 0.590. The van der Waals surface area contributed by atoms with E-state index in [4.69, 9.17) is 0 Å². The van der Waals surface area contributed by atoms with Crippen LogP contribution in [0.25, 0.3) is 0 Å². The lowest BCUT2D eigenvalue weighted by Gasteiger charge is -2.11. The molecule has 0 atom stereocenters. The summed E-state index contributed by atoms with van der Waals surface area (Å²) < 4.78 is 0. The number of anilines is 2. The normalized spacial score (nSPS) is 10.0. The van der Waals surface area contributed by atoms with Crippen LogP contribution >= 0.6 is 0 Å². The minimum absolute atomic E-state index is 0.306. The molecule has 0 fully saturated rings. The van der Waals surface area contributed by atoms with E-state index in [1.807, 2.05) is 33.2 Å². The smallest absolute Gasteiger partial charge is 0.319 e. The molecule has 2 rings (SSSR count). The number of carbonyl (C=O) groups is 1. The van der Waals surface area contributed by atoms with E-state index in [-0.39, 0.29) is 6.03 Å². The topological polar surface area (TPSA) is 83.0 Å². The number of hydrogen-bond acceptors (Lipinski definition) is 5. The zero-order chi connectivity index (χ0) is 15.2. The number of aryl methyl sites for hydroxylation is 1. The first-order valence-electron chi connectivity index (χ1n) is 6.51. The number of rotatable bonds is 4. The van der Waals surface area contributed by atoms with Crippen molar-refractivity contribution in [3.63, 3.8) is 0 Å². The fourth-order valence-electron chi connectivity index (χ4n) is 1.67. The van der Waals surface area contributed by atoms with E-state index < -0.39 is 0 Å². The quantitative estimate of drug-likeness (QED) is 0.891. The molecule has 2 aromatic heterocycles. The molecule has 7 nitrogen and oxygen atoms in total. The van der Waals surface area contributed by atoms with Crippen molar-refractivity contribution in [2.45, 2.75) is 13.5 Å². The Morgan fingerprint density at radius 1 is 1.24 bits per heavy atom. The third kappa shape index (κ3) is 4.13. The Morgan fingerprint density at radius 3 is 2.57 bits per heavy atom. The fraction of sp³-hybridized carbons (Fsp3) is 0.286. The zero-order valence-corrected chi connectivity index (χ0v) is 12.3. The molecule has 110 valence electrons. The van der Waals surface area contributed by atoms with Gasteiger partial charge >= 0.3 is 6.03 Å². The molecule has 2 amide bonds. The lowest BCUT2D eigenvalue weighted by Crippen LogP contribution is -2.28. The Kier molecular flexibility index (Phi) is 4.65. The largest absolute Gasteiger partial charge is 0.347 e. The predicted octanol–water partition coefficient (Wildman–Crippen LogP) is 1.57. The van der Waals surface area contributed by atoms with Crippen molar-refractivity contribution in [1.82, 2.24) is 20.3 Å². The number of hydrogen-bond donors (Lipinski definition) is 2. The summed E-state index contributed by atoms with van der Waals surface area (Å²) in [6, 6.07) is 3.47. The molecule has 0 bridgehead atoms. The molecule has 2 heterocycles. The highest BCUT2D eigenvalue weighted by Gasteiger charge is 2.05. The Hall–Kier alpha value is -2.70. The molecule has 0 radical (unpaired) electrons. The highest BCUT2D eigenvalue weighted by molar-refractivity contribution is 5.88. The maximum atomic E-state index is 11.8. The van der Waals surface area contributed by atoms with Gasteiger partial charge in [0.05, 0.1) is 18.1 Å². The van der Waals surface area contributed by atoms with Gasteiger partial charge in [-0.2, -0.15) is 0 Å². The van der Waals surface area contributed by atoms with Gasteiger partial charge in [0.15, 0.2) is 0 Å². The highest BCUT2D eigenvalue weighted by atomic mass is 16.2. The number of pyridine rings is 1. The Balaban J connectivity index is 1.88. The number of carbonyl (C=O) groups excluding carboxylic acids is 1. The minimum Gasteiger partial charge on any atom is -0.347 e. The standard InChI is InChI=1S/C14H18N6O/c1-10-11(5-4-6-15-10)7-18-14(21)19-12-8-16-13(17-9-12)20(2)3/h4-6,8-9H,7H2,1-3H3,(H2,18,19,21). The summed E-state index contributed by atoms with van der Waals surface area (Å²) in [6.45, 7) is 2.32. The van der Waals surface area contributed by atoms with Crippen LogP contribution in [0.3, 0.4) is 0 Å². The van der Waals surface area contributed by atoms with Gasteiger partial charge in [0, 0.05) is 32.5 Å². The molecular formula is C14H18N6O. The van der Waals surface area contributed by atoms with Gasteiger partial charge in [-0.3, -0.25) is 4.98 Å². The molecule has 2 aromatic rings. The highest BCUT2D eigenvalue weighted by Crippen LogP contribution is 2.07. The van der Waals surface area contributed by atoms with E-state index in [0.717, 1.165) is 11.3 Å². The van der Waals surface area contributed by atoms with Gasteiger partial charge in [0.1, 0.15) is 0 Å². The van der Waals surface area contributed by atoms with E-state index in [2.05, 4.69) is 25.6 Å². The Bertz CT molecular complexity index is 611. The SMILES string of the molecule is Cc1ncccc1CNC(=O)Nc1cnc(N(C)C)nc1. The number of amides is 2. The molecule has 0 saturated carbocycles. The second-order valence-corrected chi connectivity index (χ2v) is 4.72. The fourth-order valence-corrected chi connectivity index (χ4v) is 1.67. The van der Waals surface area contributed by atoms with E-state index in [1.54, 1.807) is 23.5 Å². The molecule has 0 unspecified atom stereocenters. The molecule has 2 N–H and O–H groups in total. The molecule has 0 aromatic carbocycles. The summed E-state index contributed by atoms with van der Waals surface area (Å²) in [4.78, 5) is 26.0. The maximum absolute atomic E-state index is 11.8. The Labute approximate surface area is 123 Å². The summed E-state index contributed by atoms with van der Waals surface area (Å²) in [5, 5.41) is 5.45. The average molecular weight is 286 g/mol.